The largest absolute Gasteiger partial charge is 0.466 e. The number of carbonyl (C=O) groups is 3. The topological polar surface area (TPSA) is 87.7 Å². The molecule has 7 nitrogen and oxygen atoms in total. The zero-order chi connectivity index (χ0) is 16.6. The maximum Gasteiger partial charge on any atom is 0.338 e. The summed E-state index contributed by atoms with van der Waals surface area (Å²) in [5.41, 5.74) is 0.859. The molecule has 3 rings (SSSR count). The second-order valence-electron chi connectivity index (χ2n) is 5.10. The van der Waals surface area contributed by atoms with E-state index in [0.717, 1.165) is 4.47 Å². The normalized spacial score (nSPS) is 20.6. The lowest BCUT2D eigenvalue weighted by molar-refractivity contribution is -0.137. The van der Waals surface area contributed by atoms with Crippen molar-refractivity contribution in [3.05, 3.63) is 45.6 Å². The predicted molar refractivity (Wildman–Crippen MR) is 84.2 cm³/mol. The number of urea groups is 1. The van der Waals surface area contributed by atoms with Gasteiger partial charge < -0.3 is 15.4 Å². The van der Waals surface area contributed by atoms with Gasteiger partial charge >= 0.3 is 12.0 Å². The molecule has 8 heteroatoms. The maximum atomic E-state index is 12.3. The van der Waals surface area contributed by atoms with E-state index in [1.54, 1.807) is 18.2 Å². The van der Waals surface area contributed by atoms with E-state index in [1.807, 2.05) is 6.07 Å². The van der Waals surface area contributed by atoms with Gasteiger partial charge in [0, 0.05) is 17.6 Å². The van der Waals surface area contributed by atoms with E-state index in [9.17, 15) is 14.4 Å². The first-order valence-electron chi connectivity index (χ1n) is 6.97. The molecular weight excluding hydrogens is 366 g/mol. The molecule has 3 amide bonds. The third kappa shape index (κ3) is 2.70. The Labute approximate surface area is 140 Å². The van der Waals surface area contributed by atoms with Gasteiger partial charge in [-0.25, -0.2) is 9.59 Å². The number of ether oxygens (including phenoxy) is 1. The maximum absolute atomic E-state index is 12.3. The summed E-state index contributed by atoms with van der Waals surface area (Å²) in [6.45, 7) is 0.643. The van der Waals surface area contributed by atoms with Crippen molar-refractivity contribution in [2.45, 2.75) is 6.04 Å². The molecule has 1 atom stereocenters. The first-order chi connectivity index (χ1) is 11.0. The second-order valence-corrected chi connectivity index (χ2v) is 6.01. The highest BCUT2D eigenvalue weighted by atomic mass is 79.9. The van der Waals surface area contributed by atoms with E-state index < -0.39 is 23.9 Å². The van der Waals surface area contributed by atoms with Crippen molar-refractivity contribution >= 4 is 33.8 Å². The van der Waals surface area contributed by atoms with Gasteiger partial charge in [0.25, 0.3) is 5.91 Å². The van der Waals surface area contributed by atoms with Crippen molar-refractivity contribution in [3.8, 4) is 0 Å². The Morgan fingerprint density at radius 2 is 2.17 bits per heavy atom. The summed E-state index contributed by atoms with van der Waals surface area (Å²) in [4.78, 5) is 38.1. The number of rotatable bonds is 2. The highest BCUT2D eigenvalue weighted by Gasteiger charge is 2.42. The number of halogens is 1. The van der Waals surface area contributed by atoms with E-state index in [2.05, 4.69) is 26.6 Å². The highest BCUT2D eigenvalue weighted by Crippen LogP contribution is 2.33. The smallest absolute Gasteiger partial charge is 0.338 e. The zero-order valence-corrected chi connectivity index (χ0v) is 13.8. The van der Waals surface area contributed by atoms with Crippen molar-refractivity contribution in [1.29, 1.82) is 0 Å². The Morgan fingerprint density at radius 1 is 1.39 bits per heavy atom. The number of nitrogens with one attached hydrogen (secondary N) is 2. The summed E-state index contributed by atoms with van der Waals surface area (Å²) >= 11 is 3.36. The second kappa shape index (κ2) is 6.04. The standard InChI is InChI=1S/C15H14BrN3O4/c1-23-14(21)10-11(8-3-2-4-9(16)7-8)18-15(22)19-6-5-17-13(20)12(10)19/h2-4,7,11H,5-6H2,1H3,(H,17,20)(H,18,22)/t11-/m1/s1. The van der Waals surface area contributed by atoms with Gasteiger partial charge in [0.05, 0.1) is 18.7 Å². The summed E-state index contributed by atoms with van der Waals surface area (Å²) in [6, 6.07) is 6.02. The SMILES string of the molecule is COC(=O)C1=C2C(=O)NCCN2C(=O)N[C@@H]1c1cccc(Br)c1. The van der Waals surface area contributed by atoms with Gasteiger partial charge in [-0.2, -0.15) is 0 Å². The number of piperazine rings is 1. The molecule has 2 aliphatic rings. The molecule has 1 saturated heterocycles. The van der Waals surface area contributed by atoms with Crippen molar-refractivity contribution in [3.63, 3.8) is 0 Å². The molecule has 1 fully saturated rings. The molecule has 2 heterocycles. The molecule has 0 bridgehead atoms. The molecule has 2 aliphatic heterocycles. The fourth-order valence-corrected chi connectivity index (χ4v) is 3.16. The molecule has 1 aromatic rings. The number of benzene rings is 1. The molecule has 0 saturated carbocycles. The van der Waals surface area contributed by atoms with Crippen molar-refractivity contribution in [2.24, 2.45) is 0 Å². The average Bonchev–Trinajstić information content (AvgIpc) is 2.54. The molecule has 0 aromatic heterocycles. The molecule has 1 aromatic carbocycles. The van der Waals surface area contributed by atoms with Gasteiger partial charge in [-0.05, 0) is 17.7 Å². The lowest BCUT2D eigenvalue weighted by Crippen LogP contribution is -2.57. The minimum Gasteiger partial charge on any atom is -0.466 e. The van der Waals surface area contributed by atoms with Crippen LogP contribution in [0, 0.1) is 0 Å². The molecule has 0 unspecified atom stereocenters. The van der Waals surface area contributed by atoms with Crippen molar-refractivity contribution < 1.29 is 19.1 Å². The number of methoxy groups -OCH3 is 1. The minimum absolute atomic E-state index is 0.0526. The molecule has 0 spiro atoms. The number of fused-ring (bicyclic) bond motifs is 1. The predicted octanol–water partition coefficient (Wildman–Crippen LogP) is 1.07. The number of esters is 1. The van der Waals surface area contributed by atoms with Crippen LogP contribution in [-0.4, -0.2) is 43.0 Å². The lowest BCUT2D eigenvalue weighted by Gasteiger charge is -2.38. The van der Waals surface area contributed by atoms with Crippen LogP contribution in [-0.2, 0) is 14.3 Å². The van der Waals surface area contributed by atoms with Gasteiger partial charge in [-0.15, -0.1) is 0 Å². The molecule has 0 radical (unpaired) electrons. The van der Waals surface area contributed by atoms with Gasteiger partial charge in [0.1, 0.15) is 5.70 Å². The molecule has 0 aliphatic carbocycles. The number of hydrogen-bond acceptors (Lipinski definition) is 4. The van der Waals surface area contributed by atoms with Crippen molar-refractivity contribution in [1.82, 2.24) is 15.5 Å². The van der Waals surface area contributed by atoms with Gasteiger partial charge in [-0.1, -0.05) is 28.1 Å². The molecular formula is C15H14BrN3O4. The summed E-state index contributed by atoms with van der Waals surface area (Å²) in [5, 5.41) is 5.43. The first kappa shape index (κ1) is 15.5. The van der Waals surface area contributed by atoms with Crippen LogP contribution in [0.2, 0.25) is 0 Å². The quantitative estimate of drug-likeness (QED) is 0.752. The minimum atomic E-state index is -0.748. The van der Waals surface area contributed by atoms with Crippen LogP contribution < -0.4 is 10.6 Å². The van der Waals surface area contributed by atoms with E-state index >= 15 is 0 Å². The lowest BCUT2D eigenvalue weighted by atomic mass is 9.93. The summed E-state index contributed by atoms with van der Waals surface area (Å²) < 4.78 is 5.64. The van der Waals surface area contributed by atoms with E-state index in [-0.39, 0.29) is 11.3 Å². The monoisotopic (exact) mass is 379 g/mol. The van der Waals surface area contributed by atoms with Crippen molar-refractivity contribution in [2.75, 3.05) is 20.2 Å². The van der Waals surface area contributed by atoms with E-state index in [1.165, 1.54) is 12.0 Å². The Bertz CT molecular complexity index is 731. The van der Waals surface area contributed by atoms with Gasteiger partial charge in [0.15, 0.2) is 0 Å². The van der Waals surface area contributed by atoms with Crippen LogP contribution in [0.25, 0.3) is 0 Å². The molecule has 2 N–H and O–H groups in total. The highest BCUT2D eigenvalue weighted by molar-refractivity contribution is 9.10. The fourth-order valence-electron chi connectivity index (χ4n) is 2.74. The van der Waals surface area contributed by atoms with E-state index in [4.69, 9.17) is 4.74 Å². The third-order valence-electron chi connectivity index (χ3n) is 3.75. The van der Waals surface area contributed by atoms with Crippen LogP contribution in [0.5, 0.6) is 0 Å². The Kier molecular flexibility index (Phi) is 4.08. The van der Waals surface area contributed by atoms with Crippen LogP contribution in [0.1, 0.15) is 11.6 Å². The van der Waals surface area contributed by atoms with E-state index in [0.29, 0.717) is 18.7 Å². The van der Waals surface area contributed by atoms with Crippen LogP contribution >= 0.6 is 15.9 Å². The Morgan fingerprint density at radius 3 is 2.87 bits per heavy atom. The summed E-state index contributed by atoms with van der Waals surface area (Å²) in [6.07, 6.45) is 0. The number of nitrogens with zero attached hydrogens (tertiary/aromatic N) is 1. The fraction of sp³-hybridized carbons (Fsp3) is 0.267. The van der Waals surface area contributed by atoms with Gasteiger partial charge in [0.2, 0.25) is 0 Å². The van der Waals surface area contributed by atoms with Crippen LogP contribution in [0.3, 0.4) is 0 Å². The molecule has 120 valence electrons. The summed E-state index contributed by atoms with van der Waals surface area (Å²) in [5.74, 6) is -1.10. The van der Waals surface area contributed by atoms with Crippen LogP contribution in [0.15, 0.2) is 40.0 Å². The Hall–Kier alpha value is -2.35. The molecule has 23 heavy (non-hydrogen) atoms. The first-order valence-corrected chi connectivity index (χ1v) is 7.76. The Balaban J connectivity index is 2.18. The van der Waals surface area contributed by atoms with Crippen LogP contribution in [0.4, 0.5) is 4.79 Å². The number of hydrogen-bond donors (Lipinski definition) is 2. The average molecular weight is 380 g/mol. The number of amides is 3. The third-order valence-corrected chi connectivity index (χ3v) is 4.24. The zero-order valence-electron chi connectivity index (χ0n) is 12.3. The van der Waals surface area contributed by atoms with Gasteiger partial charge in [-0.3, -0.25) is 9.69 Å². The summed E-state index contributed by atoms with van der Waals surface area (Å²) in [7, 11) is 1.25. The number of carbonyl (C=O) groups excluding carboxylic acids is 3.